The van der Waals surface area contributed by atoms with E-state index in [4.69, 9.17) is 9.84 Å². The fourth-order valence-electron chi connectivity index (χ4n) is 2.61. The lowest BCUT2D eigenvalue weighted by atomic mass is 10.1. The molecule has 1 aliphatic rings. The van der Waals surface area contributed by atoms with Crippen LogP contribution in [-0.2, 0) is 16.0 Å². The first kappa shape index (κ1) is 15.4. The van der Waals surface area contributed by atoms with Crippen LogP contribution in [0.1, 0.15) is 37.7 Å². The minimum Gasteiger partial charge on any atom is -0.497 e. The number of amides is 1. The lowest BCUT2D eigenvalue weighted by Crippen LogP contribution is -2.28. The van der Waals surface area contributed by atoms with Crippen LogP contribution in [0.2, 0.25) is 0 Å². The number of rotatable bonds is 7. The second kappa shape index (κ2) is 7.11. The minimum absolute atomic E-state index is 0.109. The van der Waals surface area contributed by atoms with E-state index in [1.54, 1.807) is 7.11 Å². The van der Waals surface area contributed by atoms with Gasteiger partial charge in [-0.05, 0) is 30.9 Å². The fraction of sp³-hybridized carbons (Fsp3) is 0.500. The fourth-order valence-corrected chi connectivity index (χ4v) is 2.61. The Hall–Kier alpha value is -2.04. The molecule has 1 aromatic carbocycles. The van der Waals surface area contributed by atoms with E-state index in [0.717, 1.165) is 37.2 Å². The number of unbranched alkanes of at least 4 members (excludes halogenated alkanes) is 2. The molecule has 1 amide bonds. The van der Waals surface area contributed by atoms with Crippen molar-refractivity contribution in [3.05, 3.63) is 23.8 Å². The quantitative estimate of drug-likeness (QED) is 0.784. The number of hydrogen-bond acceptors (Lipinski definition) is 3. The molecule has 21 heavy (non-hydrogen) atoms. The van der Waals surface area contributed by atoms with E-state index in [1.165, 1.54) is 5.56 Å². The zero-order valence-electron chi connectivity index (χ0n) is 12.3. The van der Waals surface area contributed by atoms with E-state index < -0.39 is 5.97 Å². The first-order valence-electron chi connectivity index (χ1n) is 7.31. The Morgan fingerprint density at radius 1 is 1.24 bits per heavy atom. The molecule has 0 saturated heterocycles. The van der Waals surface area contributed by atoms with Crippen LogP contribution in [0.4, 0.5) is 5.69 Å². The third-order valence-corrected chi connectivity index (χ3v) is 3.77. The third-order valence-electron chi connectivity index (χ3n) is 3.77. The maximum atomic E-state index is 12.3. The Bertz CT molecular complexity index is 527. The van der Waals surface area contributed by atoms with Crippen LogP contribution in [0.15, 0.2) is 18.2 Å². The lowest BCUT2D eigenvalue weighted by Gasteiger charge is -2.17. The average Bonchev–Trinajstić information content (AvgIpc) is 2.89. The van der Waals surface area contributed by atoms with Crippen LogP contribution in [0, 0.1) is 0 Å². The lowest BCUT2D eigenvalue weighted by molar-refractivity contribution is -0.137. The van der Waals surface area contributed by atoms with Gasteiger partial charge in [0.05, 0.1) is 12.8 Å². The van der Waals surface area contributed by atoms with Crippen LogP contribution in [0.5, 0.6) is 5.75 Å². The van der Waals surface area contributed by atoms with E-state index in [0.29, 0.717) is 12.8 Å². The summed E-state index contributed by atoms with van der Waals surface area (Å²) in [4.78, 5) is 24.5. The predicted octanol–water partition coefficient (Wildman–Crippen LogP) is 2.62. The van der Waals surface area contributed by atoms with Gasteiger partial charge in [0, 0.05) is 25.5 Å². The van der Waals surface area contributed by atoms with Crippen LogP contribution in [0.25, 0.3) is 0 Å². The number of nitrogens with zero attached hydrogens (tertiary/aromatic N) is 1. The smallest absolute Gasteiger partial charge is 0.303 e. The van der Waals surface area contributed by atoms with Crippen LogP contribution in [-0.4, -0.2) is 30.6 Å². The monoisotopic (exact) mass is 291 g/mol. The molecule has 0 atom stereocenters. The Kier molecular flexibility index (Phi) is 5.20. The van der Waals surface area contributed by atoms with Crippen LogP contribution < -0.4 is 9.64 Å². The van der Waals surface area contributed by atoms with Crippen molar-refractivity contribution in [2.75, 3.05) is 18.6 Å². The minimum atomic E-state index is -0.776. The summed E-state index contributed by atoms with van der Waals surface area (Å²) < 4.78 is 5.21. The number of fused-ring (bicyclic) bond motifs is 1. The molecule has 1 heterocycles. The summed E-state index contributed by atoms with van der Waals surface area (Å²) in [6, 6.07) is 5.83. The van der Waals surface area contributed by atoms with Crippen molar-refractivity contribution in [3.8, 4) is 5.75 Å². The van der Waals surface area contributed by atoms with Gasteiger partial charge in [0.15, 0.2) is 0 Å². The zero-order chi connectivity index (χ0) is 15.2. The van der Waals surface area contributed by atoms with Gasteiger partial charge in [0.2, 0.25) is 5.91 Å². The highest BCUT2D eigenvalue weighted by molar-refractivity contribution is 5.95. The van der Waals surface area contributed by atoms with Crippen molar-refractivity contribution < 1.29 is 19.4 Å². The van der Waals surface area contributed by atoms with E-state index in [-0.39, 0.29) is 12.3 Å². The van der Waals surface area contributed by atoms with Gasteiger partial charge in [-0.3, -0.25) is 9.59 Å². The summed E-state index contributed by atoms with van der Waals surface area (Å²) in [5, 5.41) is 8.57. The molecule has 1 aliphatic heterocycles. The Morgan fingerprint density at radius 3 is 2.71 bits per heavy atom. The first-order chi connectivity index (χ1) is 10.1. The number of hydrogen-bond donors (Lipinski definition) is 1. The van der Waals surface area contributed by atoms with Gasteiger partial charge in [-0.25, -0.2) is 0 Å². The summed E-state index contributed by atoms with van der Waals surface area (Å²) in [5.41, 5.74) is 2.12. The second-order valence-electron chi connectivity index (χ2n) is 5.24. The van der Waals surface area contributed by atoms with Gasteiger partial charge < -0.3 is 14.7 Å². The standard InChI is InChI=1S/C16H21NO4/c1-21-13-8-7-12-9-10-17(14(12)11-13)15(18)5-3-2-4-6-16(19)20/h7-8,11H,2-6,9-10H2,1H3,(H,19,20). The number of carboxylic acid groups (broad SMARTS) is 1. The van der Waals surface area contributed by atoms with E-state index >= 15 is 0 Å². The number of aliphatic carboxylic acids is 1. The normalized spacial score (nSPS) is 13.1. The zero-order valence-corrected chi connectivity index (χ0v) is 12.3. The second-order valence-corrected chi connectivity index (χ2v) is 5.24. The number of methoxy groups -OCH3 is 1. The Balaban J connectivity index is 1.86. The van der Waals surface area contributed by atoms with Gasteiger partial charge in [0.25, 0.3) is 0 Å². The highest BCUT2D eigenvalue weighted by Gasteiger charge is 2.24. The first-order valence-corrected chi connectivity index (χ1v) is 7.31. The number of ether oxygens (including phenoxy) is 1. The molecule has 5 nitrogen and oxygen atoms in total. The molecule has 5 heteroatoms. The SMILES string of the molecule is COc1ccc2c(c1)N(C(=O)CCCCCC(=O)O)CC2. The Labute approximate surface area is 124 Å². The summed E-state index contributed by atoms with van der Waals surface area (Å²) in [5.74, 6) is 0.0918. The summed E-state index contributed by atoms with van der Waals surface area (Å²) in [6.45, 7) is 0.719. The molecule has 0 aromatic heterocycles. The van der Waals surface area contributed by atoms with E-state index in [2.05, 4.69) is 0 Å². The molecule has 1 aromatic rings. The van der Waals surface area contributed by atoms with Gasteiger partial charge in [-0.2, -0.15) is 0 Å². The number of benzene rings is 1. The summed E-state index contributed by atoms with van der Waals surface area (Å²) in [6.07, 6.45) is 3.67. The summed E-state index contributed by atoms with van der Waals surface area (Å²) >= 11 is 0. The van der Waals surface area contributed by atoms with Crippen molar-refractivity contribution in [1.82, 2.24) is 0 Å². The molecule has 0 radical (unpaired) electrons. The maximum absolute atomic E-state index is 12.3. The van der Waals surface area contributed by atoms with Crippen molar-refractivity contribution >= 4 is 17.6 Å². The molecule has 0 aliphatic carbocycles. The van der Waals surface area contributed by atoms with Crippen molar-refractivity contribution in [1.29, 1.82) is 0 Å². The van der Waals surface area contributed by atoms with Crippen LogP contribution >= 0.6 is 0 Å². The van der Waals surface area contributed by atoms with Gasteiger partial charge in [-0.15, -0.1) is 0 Å². The highest BCUT2D eigenvalue weighted by atomic mass is 16.5. The molecule has 0 bridgehead atoms. The summed E-state index contributed by atoms with van der Waals surface area (Å²) in [7, 11) is 1.62. The molecular weight excluding hydrogens is 270 g/mol. The topological polar surface area (TPSA) is 66.8 Å². The molecule has 0 fully saturated rings. The molecular formula is C16H21NO4. The number of carbonyl (C=O) groups is 2. The van der Waals surface area contributed by atoms with E-state index in [9.17, 15) is 9.59 Å². The number of anilines is 1. The predicted molar refractivity (Wildman–Crippen MR) is 79.8 cm³/mol. The third kappa shape index (κ3) is 3.97. The molecule has 114 valence electrons. The van der Waals surface area contributed by atoms with E-state index in [1.807, 2.05) is 23.1 Å². The van der Waals surface area contributed by atoms with Crippen molar-refractivity contribution in [2.24, 2.45) is 0 Å². The number of carbonyl (C=O) groups excluding carboxylic acids is 1. The molecule has 0 spiro atoms. The van der Waals surface area contributed by atoms with Crippen molar-refractivity contribution in [2.45, 2.75) is 38.5 Å². The van der Waals surface area contributed by atoms with Gasteiger partial charge in [0.1, 0.15) is 5.75 Å². The largest absolute Gasteiger partial charge is 0.497 e. The van der Waals surface area contributed by atoms with Gasteiger partial charge in [-0.1, -0.05) is 12.5 Å². The molecule has 0 unspecified atom stereocenters. The molecule has 1 N–H and O–H groups in total. The highest BCUT2D eigenvalue weighted by Crippen LogP contribution is 2.32. The van der Waals surface area contributed by atoms with Gasteiger partial charge >= 0.3 is 5.97 Å². The Morgan fingerprint density at radius 2 is 2.00 bits per heavy atom. The molecule has 2 rings (SSSR count). The van der Waals surface area contributed by atoms with Crippen molar-refractivity contribution in [3.63, 3.8) is 0 Å². The van der Waals surface area contributed by atoms with Crippen LogP contribution in [0.3, 0.4) is 0 Å². The maximum Gasteiger partial charge on any atom is 0.303 e. The average molecular weight is 291 g/mol. The molecule has 0 saturated carbocycles. The number of carboxylic acids is 1.